The zero-order chi connectivity index (χ0) is 16.4. The molecule has 0 fully saturated rings. The van der Waals surface area contributed by atoms with Gasteiger partial charge in [-0.25, -0.2) is 0 Å². The highest BCUT2D eigenvalue weighted by atomic mass is 16.5. The molecule has 2 amide bonds. The Balaban J connectivity index is 2.39. The van der Waals surface area contributed by atoms with Gasteiger partial charge < -0.3 is 15.0 Å². The van der Waals surface area contributed by atoms with E-state index in [-0.39, 0.29) is 11.8 Å². The van der Waals surface area contributed by atoms with E-state index in [0.29, 0.717) is 18.7 Å². The third-order valence-corrected chi connectivity index (χ3v) is 3.50. The van der Waals surface area contributed by atoms with E-state index in [4.69, 9.17) is 4.74 Å². The van der Waals surface area contributed by atoms with Crippen LogP contribution in [0.2, 0.25) is 0 Å². The van der Waals surface area contributed by atoms with Crippen molar-refractivity contribution >= 4 is 11.8 Å². The van der Waals surface area contributed by atoms with Crippen molar-refractivity contribution in [3.8, 4) is 5.75 Å². The summed E-state index contributed by atoms with van der Waals surface area (Å²) in [5.41, 5.74) is 0.584. The summed E-state index contributed by atoms with van der Waals surface area (Å²) in [6.07, 6.45) is 3.24. The number of benzene rings is 1. The molecule has 1 aromatic carbocycles. The second-order valence-corrected chi connectivity index (χ2v) is 5.20. The van der Waals surface area contributed by atoms with Crippen molar-refractivity contribution in [3.05, 3.63) is 29.8 Å². The number of unbranched alkanes of at least 4 members (excludes halogenated alkanes) is 2. The molecule has 0 aromatic heterocycles. The van der Waals surface area contributed by atoms with E-state index in [0.717, 1.165) is 31.6 Å². The number of rotatable bonds is 9. The molecule has 0 aliphatic carbocycles. The van der Waals surface area contributed by atoms with Crippen LogP contribution < -0.4 is 10.1 Å². The molecule has 0 atom stereocenters. The Hall–Kier alpha value is -2.04. The van der Waals surface area contributed by atoms with Gasteiger partial charge >= 0.3 is 0 Å². The monoisotopic (exact) mass is 306 g/mol. The summed E-state index contributed by atoms with van der Waals surface area (Å²) in [6.45, 7) is 5.45. The molecule has 5 nitrogen and oxygen atoms in total. The van der Waals surface area contributed by atoms with Crippen molar-refractivity contribution in [2.24, 2.45) is 0 Å². The maximum absolute atomic E-state index is 12.0. The second-order valence-electron chi connectivity index (χ2n) is 5.20. The molecule has 0 radical (unpaired) electrons. The van der Waals surface area contributed by atoms with Crippen LogP contribution in [-0.2, 0) is 4.79 Å². The maximum atomic E-state index is 12.0. The molecule has 0 heterocycles. The lowest BCUT2D eigenvalue weighted by Crippen LogP contribution is -2.38. The highest BCUT2D eigenvalue weighted by Crippen LogP contribution is 2.10. The zero-order valence-corrected chi connectivity index (χ0v) is 13.7. The number of nitrogens with zero attached hydrogens (tertiary/aromatic N) is 1. The van der Waals surface area contributed by atoms with E-state index in [1.54, 1.807) is 43.2 Å². The van der Waals surface area contributed by atoms with E-state index < -0.39 is 0 Å². The Labute approximate surface area is 132 Å². The summed E-state index contributed by atoms with van der Waals surface area (Å²) < 4.78 is 5.06. The average molecular weight is 306 g/mol. The summed E-state index contributed by atoms with van der Waals surface area (Å²) in [7, 11) is 1.59. The molecule has 0 unspecified atom stereocenters. The number of carbonyl (C=O) groups is 2. The lowest BCUT2D eigenvalue weighted by molar-refractivity contribution is -0.128. The van der Waals surface area contributed by atoms with Crippen LogP contribution in [-0.4, -0.2) is 43.5 Å². The standard InChI is InChI=1S/C17H26N2O3/c1-4-5-6-12-19(14(2)20)13-11-18-17(21)15-7-9-16(22-3)10-8-15/h7-10H,4-6,11-13H2,1-3H3,(H,18,21). The molecule has 5 heteroatoms. The molecule has 0 bridgehead atoms. The van der Waals surface area contributed by atoms with Gasteiger partial charge in [-0.1, -0.05) is 19.8 Å². The van der Waals surface area contributed by atoms with Crippen molar-refractivity contribution in [3.63, 3.8) is 0 Å². The lowest BCUT2D eigenvalue weighted by atomic mass is 10.2. The third-order valence-electron chi connectivity index (χ3n) is 3.50. The average Bonchev–Trinajstić information content (AvgIpc) is 2.53. The van der Waals surface area contributed by atoms with Gasteiger partial charge in [0.15, 0.2) is 0 Å². The predicted octanol–water partition coefficient (Wildman–Crippen LogP) is 2.46. The Morgan fingerprint density at radius 3 is 2.36 bits per heavy atom. The first kappa shape index (κ1) is 18.0. The number of methoxy groups -OCH3 is 1. The van der Waals surface area contributed by atoms with E-state index in [2.05, 4.69) is 12.2 Å². The van der Waals surface area contributed by atoms with E-state index in [9.17, 15) is 9.59 Å². The number of nitrogens with one attached hydrogen (secondary N) is 1. The lowest BCUT2D eigenvalue weighted by Gasteiger charge is -2.21. The number of ether oxygens (including phenoxy) is 1. The van der Waals surface area contributed by atoms with Gasteiger partial charge in [0.2, 0.25) is 5.91 Å². The summed E-state index contributed by atoms with van der Waals surface area (Å²) >= 11 is 0. The summed E-state index contributed by atoms with van der Waals surface area (Å²) in [4.78, 5) is 25.3. The van der Waals surface area contributed by atoms with Crippen LogP contribution in [0, 0.1) is 0 Å². The fourth-order valence-electron chi connectivity index (χ4n) is 2.13. The Bertz CT molecular complexity index is 471. The highest BCUT2D eigenvalue weighted by molar-refractivity contribution is 5.94. The van der Waals surface area contributed by atoms with Crippen LogP contribution in [0.4, 0.5) is 0 Å². The molecular formula is C17H26N2O3. The minimum atomic E-state index is -0.139. The first-order chi connectivity index (χ1) is 10.6. The van der Waals surface area contributed by atoms with Crippen LogP contribution >= 0.6 is 0 Å². The molecule has 122 valence electrons. The Morgan fingerprint density at radius 2 is 1.82 bits per heavy atom. The van der Waals surface area contributed by atoms with Crippen molar-refractivity contribution in [1.82, 2.24) is 10.2 Å². The number of hydrogen-bond donors (Lipinski definition) is 1. The maximum Gasteiger partial charge on any atom is 0.251 e. The smallest absolute Gasteiger partial charge is 0.251 e. The van der Waals surface area contributed by atoms with Crippen LogP contribution in [0.25, 0.3) is 0 Å². The summed E-state index contributed by atoms with van der Waals surface area (Å²) in [5, 5.41) is 2.84. The van der Waals surface area contributed by atoms with Gasteiger partial charge in [-0.15, -0.1) is 0 Å². The van der Waals surface area contributed by atoms with Gasteiger partial charge in [-0.2, -0.15) is 0 Å². The Morgan fingerprint density at radius 1 is 1.14 bits per heavy atom. The molecule has 0 aliphatic heterocycles. The number of carbonyl (C=O) groups excluding carboxylic acids is 2. The molecular weight excluding hydrogens is 280 g/mol. The fraction of sp³-hybridized carbons (Fsp3) is 0.529. The van der Waals surface area contributed by atoms with Gasteiger partial charge in [0.1, 0.15) is 5.75 Å². The van der Waals surface area contributed by atoms with Gasteiger partial charge in [0, 0.05) is 32.1 Å². The molecule has 1 rings (SSSR count). The molecule has 0 spiro atoms. The van der Waals surface area contributed by atoms with E-state index in [1.807, 2.05) is 0 Å². The number of amides is 2. The van der Waals surface area contributed by atoms with Crippen LogP contribution in [0.5, 0.6) is 5.75 Å². The second kappa shape index (κ2) is 9.82. The van der Waals surface area contributed by atoms with Crippen molar-refractivity contribution in [1.29, 1.82) is 0 Å². The van der Waals surface area contributed by atoms with Gasteiger partial charge in [-0.05, 0) is 30.7 Å². The quantitative estimate of drug-likeness (QED) is 0.713. The molecule has 0 saturated heterocycles. The van der Waals surface area contributed by atoms with Gasteiger partial charge in [-0.3, -0.25) is 9.59 Å². The molecule has 0 aliphatic rings. The largest absolute Gasteiger partial charge is 0.497 e. The first-order valence-corrected chi connectivity index (χ1v) is 7.76. The normalized spacial score (nSPS) is 10.1. The van der Waals surface area contributed by atoms with E-state index in [1.165, 1.54) is 0 Å². The highest BCUT2D eigenvalue weighted by Gasteiger charge is 2.09. The van der Waals surface area contributed by atoms with Gasteiger partial charge in [0.25, 0.3) is 5.91 Å². The van der Waals surface area contributed by atoms with Crippen LogP contribution in [0.3, 0.4) is 0 Å². The van der Waals surface area contributed by atoms with Crippen molar-refractivity contribution in [2.45, 2.75) is 33.1 Å². The Kier molecular flexibility index (Phi) is 8.04. The third kappa shape index (κ3) is 6.16. The number of hydrogen-bond acceptors (Lipinski definition) is 3. The van der Waals surface area contributed by atoms with Gasteiger partial charge in [0.05, 0.1) is 7.11 Å². The summed E-state index contributed by atoms with van der Waals surface area (Å²) in [5.74, 6) is 0.629. The molecule has 1 aromatic rings. The van der Waals surface area contributed by atoms with Crippen LogP contribution in [0.1, 0.15) is 43.5 Å². The van der Waals surface area contributed by atoms with E-state index >= 15 is 0 Å². The summed E-state index contributed by atoms with van der Waals surface area (Å²) in [6, 6.07) is 6.94. The minimum Gasteiger partial charge on any atom is -0.497 e. The van der Waals surface area contributed by atoms with Crippen molar-refractivity contribution < 1.29 is 14.3 Å². The first-order valence-electron chi connectivity index (χ1n) is 7.76. The fourth-order valence-corrected chi connectivity index (χ4v) is 2.13. The molecule has 1 N–H and O–H groups in total. The zero-order valence-electron chi connectivity index (χ0n) is 13.7. The predicted molar refractivity (Wildman–Crippen MR) is 87.1 cm³/mol. The minimum absolute atomic E-state index is 0.0507. The topological polar surface area (TPSA) is 58.6 Å². The van der Waals surface area contributed by atoms with Crippen molar-refractivity contribution in [2.75, 3.05) is 26.7 Å². The molecule has 22 heavy (non-hydrogen) atoms. The van der Waals surface area contributed by atoms with Crippen LogP contribution in [0.15, 0.2) is 24.3 Å². The molecule has 0 saturated carbocycles. The SMILES string of the molecule is CCCCCN(CCNC(=O)c1ccc(OC)cc1)C(C)=O.